The predicted molar refractivity (Wildman–Crippen MR) is 81.0 cm³/mol. The molecule has 1 aliphatic heterocycles. The van der Waals surface area contributed by atoms with Gasteiger partial charge in [0.1, 0.15) is 0 Å². The summed E-state index contributed by atoms with van der Waals surface area (Å²) < 4.78 is 5.61. The summed E-state index contributed by atoms with van der Waals surface area (Å²) in [5.74, 6) is 0.0163. The highest BCUT2D eigenvalue weighted by Crippen LogP contribution is 2.20. The third kappa shape index (κ3) is 2.75. The van der Waals surface area contributed by atoms with Crippen molar-refractivity contribution in [2.45, 2.75) is 19.1 Å². The van der Waals surface area contributed by atoms with E-state index < -0.39 is 0 Å². The number of nitrogens with two attached hydrogens (primary N) is 1. The standard InChI is InChI=1S/C16H19N3O2/c1-11(17)15-10-19(8-9-21-15)16(20)13-4-2-6-14-12(13)5-3-7-18-14/h2-7,11,15H,8-10,17H2,1H3. The summed E-state index contributed by atoms with van der Waals surface area (Å²) in [6, 6.07) is 9.32. The van der Waals surface area contributed by atoms with Crippen molar-refractivity contribution in [3.63, 3.8) is 0 Å². The summed E-state index contributed by atoms with van der Waals surface area (Å²) in [5.41, 5.74) is 7.41. The third-order valence-corrected chi connectivity index (χ3v) is 3.84. The van der Waals surface area contributed by atoms with Crippen LogP contribution in [0.5, 0.6) is 0 Å². The van der Waals surface area contributed by atoms with Crippen LogP contribution in [0.3, 0.4) is 0 Å². The normalized spacial score (nSPS) is 20.5. The lowest BCUT2D eigenvalue weighted by atomic mass is 10.1. The number of carbonyl (C=O) groups excluding carboxylic acids is 1. The number of pyridine rings is 1. The first-order valence-corrected chi connectivity index (χ1v) is 7.17. The first-order valence-electron chi connectivity index (χ1n) is 7.17. The summed E-state index contributed by atoms with van der Waals surface area (Å²) in [5, 5.41) is 0.883. The molecule has 1 aromatic heterocycles. The van der Waals surface area contributed by atoms with Crippen LogP contribution in [0.4, 0.5) is 0 Å². The lowest BCUT2D eigenvalue weighted by Crippen LogP contribution is -2.51. The Kier molecular flexibility index (Phi) is 3.86. The van der Waals surface area contributed by atoms with Crippen LogP contribution in [0.15, 0.2) is 36.5 Å². The second-order valence-corrected chi connectivity index (χ2v) is 5.40. The summed E-state index contributed by atoms with van der Waals surface area (Å²) in [7, 11) is 0. The number of hydrogen-bond donors (Lipinski definition) is 1. The number of fused-ring (bicyclic) bond motifs is 1. The van der Waals surface area contributed by atoms with E-state index in [2.05, 4.69) is 4.98 Å². The molecule has 1 fully saturated rings. The van der Waals surface area contributed by atoms with Crippen molar-refractivity contribution in [3.8, 4) is 0 Å². The van der Waals surface area contributed by atoms with E-state index in [1.165, 1.54) is 0 Å². The van der Waals surface area contributed by atoms with Crippen molar-refractivity contribution in [3.05, 3.63) is 42.1 Å². The molecule has 110 valence electrons. The molecule has 1 amide bonds. The quantitative estimate of drug-likeness (QED) is 0.906. The highest BCUT2D eigenvalue weighted by molar-refractivity contribution is 6.06. The molecule has 1 aliphatic rings. The van der Waals surface area contributed by atoms with Crippen LogP contribution in [0.25, 0.3) is 10.9 Å². The molecule has 0 aliphatic carbocycles. The third-order valence-electron chi connectivity index (χ3n) is 3.84. The van der Waals surface area contributed by atoms with Gasteiger partial charge in [-0.1, -0.05) is 12.1 Å². The Balaban J connectivity index is 1.90. The fourth-order valence-electron chi connectivity index (χ4n) is 2.64. The Morgan fingerprint density at radius 3 is 3.10 bits per heavy atom. The van der Waals surface area contributed by atoms with Gasteiger partial charge in [0.25, 0.3) is 5.91 Å². The zero-order valence-corrected chi connectivity index (χ0v) is 12.0. The highest BCUT2D eigenvalue weighted by atomic mass is 16.5. The van der Waals surface area contributed by atoms with Gasteiger partial charge >= 0.3 is 0 Å². The molecule has 21 heavy (non-hydrogen) atoms. The van der Waals surface area contributed by atoms with Gasteiger partial charge in [0.15, 0.2) is 0 Å². The predicted octanol–water partition coefficient (Wildman–Crippen LogP) is 1.42. The number of nitrogens with zero attached hydrogens (tertiary/aromatic N) is 2. The van der Waals surface area contributed by atoms with E-state index in [0.29, 0.717) is 25.3 Å². The monoisotopic (exact) mass is 285 g/mol. The SMILES string of the molecule is CC(N)C1CN(C(=O)c2cccc3ncccc23)CCO1. The van der Waals surface area contributed by atoms with Gasteiger partial charge in [-0.05, 0) is 25.1 Å². The second-order valence-electron chi connectivity index (χ2n) is 5.40. The molecule has 0 radical (unpaired) electrons. The second kappa shape index (κ2) is 5.79. The first kappa shape index (κ1) is 14.0. The highest BCUT2D eigenvalue weighted by Gasteiger charge is 2.27. The Morgan fingerprint density at radius 1 is 1.43 bits per heavy atom. The van der Waals surface area contributed by atoms with Gasteiger partial charge in [-0.3, -0.25) is 9.78 Å². The van der Waals surface area contributed by atoms with Crippen molar-refractivity contribution in [1.82, 2.24) is 9.88 Å². The molecule has 2 N–H and O–H groups in total. The molecule has 0 spiro atoms. The van der Waals surface area contributed by atoms with E-state index in [0.717, 1.165) is 10.9 Å². The van der Waals surface area contributed by atoms with E-state index in [-0.39, 0.29) is 18.1 Å². The van der Waals surface area contributed by atoms with E-state index in [4.69, 9.17) is 10.5 Å². The molecule has 5 heteroatoms. The van der Waals surface area contributed by atoms with Crippen LogP contribution >= 0.6 is 0 Å². The molecule has 1 aromatic carbocycles. The van der Waals surface area contributed by atoms with E-state index >= 15 is 0 Å². The van der Waals surface area contributed by atoms with Crippen molar-refractivity contribution in [2.75, 3.05) is 19.7 Å². The summed E-state index contributed by atoms with van der Waals surface area (Å²) in [4.78, 5) is 18.9. The molecule has 2 atom stereocenters. The van der Waals surface area contributed by atoms with Crippen LogP contribution < -0.4 is 5.73 Å². The maximum absolute atomic E-state index is 12.8. The molecule has 5 nitrogen and oxygen atoms in total. The Hall–Kier alpha value is -1.98. The van der Waals surface area contributed by atoms with Crippen molar-refractivity contribution in [2.24, 2.45) is 5.73 Å². The maximum atomic E-state index is 12.8. The largest absolute Gasteiger partial charge is 0.373 e. The molecule has 0 saturated carbocycles. The van der Waals surface area contributed by atoms with E-state index in [9.17, 15) is 4.79 Å². The van der Waals surface area contributed by atoms with Gasteiger partial charge in [-0.15, -0.1) is 0 Å². The summed E-state index contributed by atoms with van der Waals surface area (Å²) in [6.45, 7) is 3.56. The Bertz CT molecular complexity index is 652. The number of amides is 1. The minimum Gasteiger partial charge on any atom is -0.373 e. The molecule has 2 unspecified atom stereocenters. The van der Waals surface area contributed by atoms with Gasteiger partial charge in [0, 0.05) is 36.3 Å². The zero-order valence-electron chi connectivity index (χ0n) is 12.0. The van der Waals surface area contributed by atoms with E-state index in [1.54, 1.807) is 6.20 Å². The summed E-state index contributed by atoms with van der Waals surface area (Å²) >= 11 is 0. The lowest BCUT2D eigenvalue weighted by Gasteiger charge is -2.35. The number of ether oxygens (including phenoxy) is 1. The van der Waals surface area contributed by atoms with Crippen molar-refractivity contribution < 1.29 is 9.53 Å². The van der Waals surface area contributed by atoms with Crippen LogP contribution in [-0.2, 0) is 4.74 Å². The molecular weight excluding hydrogens is 266 g/mol. The molecule has 3 rings (SSSR count). The van der Waals surface area contributed by atoms with Gasteiger partial charge in [-0.2, -0.15) is 0 Å². The topological polar surface area (TPSA) is 68.5 Å². The number of benzene rings is 1. The molecular formula is C16H19N3O2. The maximum Gasteiger partial charge on any atom is 0.254 e. The number of carbonyl (C=O) groups is 1. The average molecular weight is 285 g/mol. The molecule has 0 bridgehead atoms. The van der Waals surface area contributed by atoms with Gasteiger partial charge in [-0.25, -0.2) is 0 Å². The first-order chi connectivity index (χ1) is 10.2. The molecule has 1 saturated heterocycles. The van der Waals surface area contributed by atoms with Crippen LogP contribution in [-0.4, -0.2) is 47.6 Å². The van der Waals surface area contributed by atoms with Crippen molar-refractivity contribution >= 4 is 16.8 Å². The number of hydrogen-bond acceptors (Lipinski definition) is 4. The molecule has 2 heterocycles. The Morgan fingerprint density at radius 2 is 2.29 bits per heavy atom. The summed E-state index contributed by atoms with van der Waals surface area (Å²) in [6.07, 6.45) is 1.63. The average Bonchev–Trinajstić information content (AvgIpc) is 2.53. The number of morpholine rings is 1. The minimum absolute atomic E-state index is 0.0163. The van der Waals surface area contributed by atoms with E-state index in [1.807, 2.05) is 42.2 Å². The van der Waals surface area contributed by atoms with Crippen LogP contribution in [0, 0.1) is 0 Å². The van der Waals surface area contributed by atoms with Crippen LogP contribution in [0.2, 0.25) is 0 Å². The number of rotatable bonds is 2. The van der Waals surface area contributed by atoms with Crippen molar-refractivity contribution in [1.29, 1.82) is 0 Å². The van der Waals surface area contributed by atoms with Gasteiger partial charge < -0.3 is 15.4 Å². The lowest BCUT2D eigenvalue weighted by molar-refractivity contribution is -0.0299. The zero-order chi connectivity index (χ0) is 14.8. The fraction of sp³-hybridized carbons (Fsp3) is 0.375. The molecule has 2 aromatic rings. The van der Waals surface area contributed by atoms with Gasteiger partial charge in [0.2, 0.25) is 0 Å². The minimum atomic E-state index is -0.101. The smallest absolute Gasteiger partial charge is 0.254 e. The van der Waals surface area contributed by atoms with Crippen LogP contribution in [0.1, 0.15) is 17.3 Å². The Labute approximate surface area is 123 Å². The van der Waals surface area contributed by atoms with Gasteiger partial charge in [0.05, 0.1) is 18.2 Å². The fourth-order valence-corrected chi connectivity index (χ4v) is 2.64. The number of aromatic nitrogens is 1.